The largest absolute Gasteiger partial charge is 0.491 e. The molecule has 0 spiro atoms. The van der Waals surface area contributed by atoms with Crippen molar-refractivity contribution in [2.24, 2.45) is 0 Å². The second kappa shape index (κ2) is 9.41. The zero-order valence-electron chi connectivity index (χ0n) is 17.4. The first-order chi connectivity index (χ1) is 14.6. The minimum Gasteiger partial charge on any atom is -0.491 e. The van der Waals surface area contributed by atoms with Crippen molar-refractivity contribution < 1.29 is 27.5 Å². The smallest absolute Gasteiger partial charge is 0.416 e. The van der Waals surface area contributed by atoms with Gasteiger partial charge in [0.25, 0.3) is 11.8 Å². The van der Waals surface area contributed by atoms with Gasteiger partial charge in [-0.25, -0.2) is 0 Å². The standard InChI is InChI=1S/C23H25F3N2O3/c1-15(2)27-21(29)16-7-11-20(12-8-16)31-14-19-4-3-13-28(19)22(30)17-5-9-18(10-6-17)23(24,25)26/h5-12,15,19H,3-4,13-14H2,1-2H3,(H,27,29)/t19-/m0/s1. The van der Waals surface area contributed by atoms with Gasteiger partial charge in [0.1, 0.15) is 12.4 Å². The Morgan fingerprint density at radius 3 is 2.26 bits per heavy atom. The van der Waals surface area contributed by atoms with Gasteiger partial charge in [0.2, 0.25) is 0 Å². The maximum Gasteiger partial charge on any atom is 0.416 e. The van der Waals surface area contributed by atoms with E-state index in [4.69, 9.17) is 4.74 Å². The molecular formula is C23H25F3N2O3. The Morgan fingerprint density at radius 2 is 1.68 bits per heavy atom. The fourth-order valence-corrected chi connectivity index (χ4v) is 3.48. The molecule has 0 aliphatic carbocycles. The molecule has 8 heteroatoms. The van der Waals surface area contributed by atoms with Crippen molar-refractivity contribution in [1.82, 2.24) is 10.2 Å². The van der Waals surface area contributed by atoms with Crippen molar-refractivity contribution in [3.8, 4) is 5.75 Å². The van der Waals surface area contributed by atoms with Crippen molar-refractivity contribution in [2.45, 2.75) is 44.9 Å². The summed E-state index contributed by atoms with van der Waals surface area (Å²) < 4.78 is 44.0. The maximum absolute atomic E-state index is 12.8. The zero-order chi connectivity index (χ0) is 22.6. The summed E-state index contributed by atoms with van der Waals surface area (Å²) >= 11 is 0. The predicted molar refractivity (Wildman–Crippen MR) is 110 cm³/mol. The van der Waals surface area contributed by atoms with Gasteiger partial charge < -0.3 is 15.0 Å². The molecule has 1 N–H and O–H groups in total. The van der Waals surface area contributed by atoms with Crippen LogP contribution in [-0.2, 0) is 6.18 Å². The first-order valence-corrected chi connectivity index (χ1v) is 10.2. The maximum atomic E-state index is 12.8. The number of hydrogen-bond acceptors (Lipinski definition) is 3. The lowest BCUT2D eigenvalue weighted by molar-refractivity contribution is -0.137. The van der Waals surface area contributed by atoms with Gasteiger partial charge in [-0.2, -0.15) is 13.2 Å². The number of nitrogens with one attached hydrogen (secondary N) is 1. The highest BCUT2D eigenvalue weighted by Crippen LogP contribution is 2.30. The molecule has 31 heavy (non-hydrogen) atoms. The normalized spacial score (nSPS) is 16.5. The number of carbonyl (C=O) groups is 2. The van der Waals surface area contributed by atoms with E-state index in [1.807, 2.05) is 13.8 Å². The van der Waals surface area contributed by atoms with Gasteiger partial charge in [-0.15, -0.1) is 0 Å². The molecule has 0 aromatic heterocycles. The van der Waals surface area contributed by atoms with Crippen molar-refractivity contribution >= 4 is 11.8 Å². The van der Waals surface area contributed by atoms with Gasteiger partial charge in [0, 0.05) is 23.7 Å². The van der Waals surface area contributed by atoms with Crippen LogP contribution in [0.15, 0.2) is 48.5 Å². The van der Waals surface area contributed by atoms with E-state index >= 15 is 0 Å². The number of hydrogen-bond donors (Lipinski definition) is 1. The van der Waals surface area contributed by atoms with E-state index in [1.165, 1.54) is 12.1 Å². The third-order valence-electron chi connectivity index (χ3n) is 5.08. The Morgan fingerprint density at radius 1 is 1.06 bits per heavy atom. The Kier molecular flexibility index (Phi) is 6.87. The summed E-state index contributed by atoms with van der Waals surface area (Å²) in [7, 11) is 0. The van der Waals surface area contributed by atoms with E-state index in [1.54, 1.807) is 29.2 Å². The number of rotatable bonds is 6. The molecule has 1 fully saturated rings. The Bertz CT molecular complexity index is 909. The SMILES string of the molecule is CC(C)NC(=O)c1ccc(OC[C@@H]2CCCN2C(=O)c2ccc(C(F)(F)F)cc2)cc1. The lowest BCUT2D eigenvalue weighted by Gasteiger charge is -2.25. The first kappa shape index (κ1) is 22.7. The third-order valence-corrected chi connectivity index (χ3v) is 5.08. The molecule has 166 valence electrons. The van der Waals surface area contributed by atoms with E-state index in [9.17, 15) is 22.8 Å². The van der Waals surface area contributed by atoms with E-state index in [2.05, 4.69) is 5.32 Å². The topological polar surface area (TPSA) is 58.6 Å². The minimum atomic E-state index is -4.43. The van der Waals surface area contributed by atoms with Crippen LogP contribution < -0.4 is 10.1 Å². The molecule has 2 amide bonds. The molecule has 0 radical (unpaired) electrons. The van der Waals surface area contributed by atoms with E-state index in [0.29, 0.717) is 17.9 Å². The summed E-state index contributed by atoms with van der Waals surface area (Å²) in [5.41, 5.74) is -0.0303. The van der Waals surface area contributed by atoms with Gasteiger partial charge in [-0.1, -0.05) is 0 Å². The summed E-state index contributed by atoms with van der Waals surface area (Å²) in [6.45, 7) is 4.56. The molecule has 0 unspecified atom stereocenters. The summed E-state index contributed by atoms with van der Waals surface area (Å²) in [5.74, 6) is 0.112. The van der Waals surface area contributed by atoms with Crippen molar-refractivity contribution in [2.75, 3.05) is 13.2 Å². The van der Waals surface area contributed by atoms with E-state index in [0.717, 1.165) is 25.0 Å². The van der Waals surface area contributed by atoms with Crippen LogP contribution in [-0.4, -0.2) is 41.9 Å². The van der Waals surface area contributed by atoms with Crippen LogP contribution in [0.1, 0.15) is 53.0 Å². The number of benzene rings is 2. The van der Waals surface area contributed by atoms with Crippen molar-refractivity contribution in [1.29, 1.82) is 0 Å². The molecule has 1 saturated heterocycles. The second-order valence-corrected chi connectivity index (χ2v) is 7.83. The lowest BCUT2D eigenvalue weighted by atomic mass is 10.1. The van der Waals surface area contributed by atoms with Crippen molar-refractivity contribution in [3.63, 3.8) is 0 Å². The summed E-state index contributed by atoms with van der Waals surface area (Å²) in [4.78, 5) is 26.4. The summed E-state index contributed by atoms with van der Waals surface area (Å²) in [6, 6.07) is 10.9. The van der Waals surface area contributed by atoms with Gasteiger partial charge in [-0.05, 0) is 75.2 Å². The highest BCUT2D eigenvalue weighted by molar-refractivity contribution is 5.95. The van der Waals surface area contributed by atoms with Gasteiger partial charge in [-0.3, -0.25) is 9.59 Å². The van der Waals surface area contributed by atoms with Crippen LogP contribution in [0, 0.1) is 0 Å². The number of nitrogens with zero attached hydrogens (tertiary/aromatic N) is 1. The fourth-order valence-electron chi connectivity index (χ4n) is 3.48. The Hall–Kier alpha value is -3.03. The minimum absolute atomic E-state index is 0.0407. The lowest BCUT2D eigenvalue weighted by Crippen LogP contribution is -2.39. The molecule has 3 rings (SSSR count). The monoisotopic (exact) mass is 434 g/mol. The van der Waals surface area contributed by atoms with E-state index < -0.39 is 11.7 Å². The molecular weight excluding hydrogens is 409 g/mol. The highest BCUT2D eigenvalue weighted by atomic mass is 19.4. The molecule has 2 aromatic carbocycles. The van der Waals surface area contributed by atoms with Crippen LogP contribution in [0.3, 0.4) is 0 Å². The number of carbonyl (C=O) groups excluding carboxylic acids is 2. The van der Waals surface area contributed by atoms with Gasteiger partial charge in [0.15, 0.2) is 0 Å². The zero-order valence-corrected chi connectivity index (χ0v) is 17.4. The molecule has 5 nitrogen and oxygen atoms in total. The molecule has 1 aliphatic heterocycles. The molecule has 2 aromatic rings. The number of alkyl halides is 3. The van der Waals surface area contributed by atoms with Crippen LogP contribution in [0.25, 0.3) is 0 Å². The third kappa shape index (κ3) is 5.77. The summed E-state index contributed by atoms with van der Waals surface area (Å²) in [6.07, 6.45) is -2.88. The van der Waals surface area contributed by atoms with Crippen LogP contribution >= 0.6 is 0 Å². The number of likely N-dealkylation sites (tertiary alicyclic amines) is 1. The number of amides is 2. The van der Waals surface area contributed by atoms with Gasteiger partial charge in [0.05, 0.1) is 11.6 Å². The average Bonchev–Trinajstić information content (AvgIpc) is 3.19. The number of ether oxygens (including phenoxy) is 1. The highest BCUT2D eigenvalue weighted by Gasteiger charge is 2.32. The van der Waals surface area contributed by atoms with Gasteiger partial charge >= 0.3 is 6.18 Å². The van der Waals surface area contributed by atoms with Crippen LogP contribution in [0.5, 0.6) is 5.75 Å². The van der Waals surface area contributed by atoms with E-state index in [-0.39, 0.29) is 36.1 Å². The Balaban J connectivity index is 1.59. The quantitative estimate of drug-likeness (QED) is 0.727. The predicted octanol–water partition coefficient (Wildman–Crippen LogP) is 4.53. The first-order valence-electron chi connectivity index (χ1n) is 10.2. The van der Waals surface area contributed by atoms with Crippen LogP contribution in [0.4, 0.5) is 13.2 Å². The molecule has 1 atom stereocenters. The summed E-state index contributed by atoms with van der Waals surface area (Å²) in [5, 5.41) is 2.81. The second-order valence-electron chi connectivity index (χ2n) is 7.83. The average molecular weight is 434 g/mol. The fraction of sp³-hybridized carbons (Fsp3) is 0.391. The van der Waals surface area contributed by atoms with Crippen molar-refractivity contribution in [3.05, 3.63) is 65.2 Å². The molecule has 1 heterocycles. The molecule has 0 bridgehead atoms. The van der Waals surface area contributed by atoms with Crippen LogP contribution in [0.2, 0.25) is 0 Å². The Labute approximate surface area is 179 Å². The number of halogens is 3. The molecule has 0 saturated carbocycles. The molecule has 1 aliphatic rings.